The minimum Gasteiger partial charge on any atom is -0.195 e. The molecule has 0 aromatic heterocycles. The summed E-state index contributed by atoms with van der Waals surface area (Å²) < 4.78 is 13.9. The second-order valence-corrected chi connectivity index (χ2v) is 1.37. The highest BCUT2D eigenvalue weighted by molar-refractivity contribution is 7.17. The minimum atomic E-state index is -0.828. The molecule has 0 aliphatic rings. The van der Waals surface area contributed by atoms with Crippen molar-refractivity contribution in [3.05, 3.63) is 0 Å². The van der Waals surface area contributed by atoms with Gasteiger partial charge in [-0.3, -0.25) is 0 Å². The molecule has 0 heterocycles. The summed E-state index contributed by atoms with van der Waals surface area (Å²) in [5, 5.41) is 7.96. The van der Waals surface area contributed by atoms with Gasteiger partial charge in [0.05, 0.1) is 6.07 Å². The molecular weight excluding hydrogens is 113 g/mol. The molecule has 0 aromatic rings. The van der Waals surface area contributed by atoms with Crippen LogP contribution in [0.3, 0.4) is 0 Å². The molecule has 0 rings (SSSR count). The number of nitrogens with zero attached hydrogens (tertiary/aromatic N) is 1. The first-order valence-electron chi connectivity index (χ1n) is 1.73. The van der Waals surface area contributed by atoms with Crippen molar-refractivity contribution in [3.63, 3.8) is 0 Å². The highest BCUT2D eigenvalue weighted by Gasteiger charge is 2.01. The van der Waals surface area contributed by atoms with E-state index in [1.165, 1.54) is 6.92 Å². The van der Waals surface area contributed by atoms with Gasteiger partial charge in [-0.15, -0.1) is 4.52 Å². The fraction of sp³-hybridized carbons (Fsp3) is 0.667. The first-order chi connectivity index (χ1) is 3.31. The summed E-state index contributed by atoms with van der Waals surface area (Å²) in [6, 6.07) is 1.75. The van der Waals surface area contributed by atoms with E-state index in [-0.39, 0.29) is 0 Å². The largest absolute Gasteiger partial charge is 0.495 e. The zero-order valence-electron chi connectivity index (χ0n) is 3.84. The Morgan fingerprint density at radius 1 is 2.00 bits per heavy atom. The maximum Gasteiger partial charge on any atom is 0.495 e. The molecule has 3 nitrogen and oxygen atoms in total. The number of nitriles is 1. The Hall–Kier alpha value is -0.450. The monoisotopic (exact) mass is 118 g/mol. The number of hydrogen-bond donors (Lipinski definition) is 0. The van der Waals surface area contributed by atoms with Crippen LogP contribution < -0.4 is 0 Å². The SMILES string of the molecule is CC(C#N)O[PH+]=O. The Bertz CT molecular complexity index is 97.6. The summed E-state index contributed by atoms with van der Waals surface area (Å²) in [4.78, 5) is 0. The van der Waals surface area contributed by atoms with E-state index in [0.717, 1.165) is 0 Å². The van der Waals surface area contributed by atoms with Crippen molar-refractivity contribution in [1.29, 1.82) is 5.26 Å². The van der Waals surface area contributed by atoms with Gasteiger partial charge in [0.15, 0.2) is 6.10 Å². The van der Waals surface area contributed by atoms with Crippen LogP contribution in [0, 0.1) is 11.3 Å². The predicted octanol–water partition coefficient (Wildman–Crippen LogP) is 0.854. The van der Waals surface area contributed by atoms with E-state index in [1.54, 1.807) is 6.07 Å². The van der Waals surface area contributed by atoms with E-state index < -0.39 is 14.8 Å². The quantitative estimate of drug-likeness (QED) is 0.505. The molecule has 4 heteroatoms. The Morgan fingerprint density at radius 3 is 2.71 bits per heavy atom. The van der Waals surface area contributed by atoms with Gasteiger partial charge in [0, 0.05) is 0 Å². The molecule has 0 spiro atoms. The van der Waals surface area contributed by atoms with Gasteiger partial charge in [0.25, 0.3) is 0 Å². The zero-order chi connectivity index (χ0) is 5.70. The third-order valence-electron chi connectivity index (χ3n) is 0.407. The lowest BCUT2D eigenvalue weighted by Gasteiger charge is -1.80. The molecule has 38 valence electrons. The average Bonchev–Trinajstić information content (AvgIpc) is 1.68. The maximum atomic E-state index is 9.55. The summed E-state index contributed by atoms with van der Waals surface area (Å²) in [7, 11) is -0.828. The first-order valence-corrected chi connectivity index (χ1v) is 2.55. The summed E-state index contributed by atoms with van der Waals surface area (Å²) in [6.45, 7) is 1.53. The van der Waals surface area contributed by atoms with E-state index in [0.29, 0.717) is 0 Å². The molecule has 0 radical (unpaired) electrons. The third kappa shape index (κ3) is 3.38. The van der Waals surface area contributed by atoms with Gasteiger partial charge in [-0.1, -0.05) is 0 Å². The van der Waals surface area contributed by atoms with Crippen molar-refractivity contribution in [2.75, 3.05) is 0 Å². The molecule has 2 unspecified atom stereocenters. The molecule has 0 N–H and O–H groups in total. The van der Waals surface area contributed by atoms with Crippen LogP contribution in [0.5, 0.6) is 0 Å². The Balaban J connectivity index is 3.21. The standard InChI is InChI=1S/C3H5NO2P/c1-3(2-4)6-7-5/h3,7H,1H3/q+1. The van der Waals surface area contributed by atoms with Crippen molar-refractivity contribution in [1.82, 2.24) is 0 Å². The van der Waals surface area contributed by atoms with Crippen LogP contribution in [0.1, 0.15) is 6.92 Å². The smallest absolute Gasteiger partial charge is 0.195 e. The van der Waals surface area contributed by atoms with Gasteiger partial charge in [0.2, 0.25) is 0 Å². The van der Waals surface area contributed by atoms with E-state index in [4.69, 9.17) is 5.26 Å². The molecule has 0 amide bonds. The highest BCUT2D eigenvalue weighted by atomic mass is 31.1. The van der Waals surface area contributed by atoms with Crippen LogP contribution in [0.25, 0.3) is 0 Å². The molecule has 0 saturated carbocycles. The van der Waals surface area contributed by atoms with E-state index in [9.17, 15) is 4.57 Å². The van der Waals surface area contributed by atoms with Crippen molar-refractivity contribution < 1.29 is 9.09 Å². The number of hydrogen-bond acceptors (Lipinski definition) is 3. The summed E-state index contributed by atoms with van der Waals surface area (Å²) in [5.41, 5.74) is 0. The molecular formula is C3H5NO2P+. The average molecular weight is 118 g/mol. The molecule has 2 atom stereocenters. The minimum absolute atomic E-state index is 0.546. The fourth-order valence-corrected chi connectivity index (χ4v) is 0.296. The zero-order valence-corrected chi connectivity index (χ0v) is 4.84. The molecule has 0 aromatic carbocycles. The lowest BCUT2D eigenvalue weighted by Crippen LogP contribution is -1.93. The molecule has 0 bridgehead atoms. The lowest BCUT2D eigenvalue weighted by molar-refractivity contribution is 0.302. The summed E-state index contributed by atoms with van der Waals surface area (Å²) >= 11 is 0. The van der Waals surface area contributed by atoms with E-state index in [2.05, 4.69) is 4.52 Å². The van der Waals surface area contributed by atoms with Crippen LogP contribution in [0.2, 0.25) is 0 Å². The third-order valence-corrected chi connectivity index (χ3v) is 0.856. The van der Waals surface area contributed by atoms with Crippen LogP contribution >= 0.6 is 8.69 Å². The number of rotatable bonds is 2. The van der Waals surface area contributed by atoms with Crippen LogP contribution in [0.4, 0.5) is 0 Å². The van der Waals surface area contributed by atoms with Gasteiger partial charge in [0.1, 0.15) is 0 Å². The molecule has 7 heavy (non-hydrogen) atoms. The van der Waals surface area contributed by atoms with Gasteiger partial charge in [-0.25, -0.2) is 0 Å². The van der Waals surface area contributed by atoms with Gasteiger partial charge >= 0.3 is 8.69 Å². The second kappa shape index (κ2) is 3.73. The normalized spacial score (nSPS) is 13.1. The lowest BCUT2D eigenvalue weighted by atomic mass is 10.5. The Labute approximate surface area is 43.2 Å². The summed E-state index contributed by atoms with van der Waals surface area (Å²) in [5.74, 6) is 0. The van der Waals surface area contributed by atoms with Crippen LogP contribution in [-0.4, -0.2) is 6.10 Å². The van der Waals surface area contributed by atoms with Crippen LogP contribution in [-0.2, 0) is 9.09 Å². The Morgan fingerprint density at radius 2 is 2.57 bits per heavy atom. The van der Waals surface area contributed by atoms with Crippen molar-refractivity contribution in [2.45, 2.75) is 13.0 Å². The van der Waals surface area contributed by atoms with Crippen LogP contribution in [0.15, 0.2) is 0 Å². The second-order valence-electron chi connectivity index (χ2n) is 0.973. The summed E-state index contributed by atoms with van der Waals surface area (Å²) in [6.07, 6.45) is -0.546. The van der Waals surface area contributed by atoms with Gasteiger partial charge in [-0.2, -0.15) is 5.26 Å². The van der Waals surface area contributed by atoms with Gasteiger partial charge < -0.3 is 0 Å². The first kappa shape index (κ1) is 6.55. The Kier molecular flexibility index (Phi) is 3.49. The van der Waals surface area contributed by atoms with Gasteiger partial charge in [-0.05, 0) is 11.5 Å². The van der Waals surface area contributed by atoms with Crippen molar-refractivity contribution in [3.8, 4) is 6.07 Å². The topological polar surface area (TPSA) is 50.1 Å². The molecule has 0 aliphatic carbocycles. The van der Waals surface area contributed by atoms with Crippen molar-refractivity contribution in [2.24, 2.45) is 0 Å². The molecule has 0 aliphatic heterocycles. The molecule has 0 saturated heterocycles. The van der Waals surface area contributed by atoms with E-state index in [1.807, 2.05) is 0 Å². The van der Waals surface area contributed by atoms with E-state index >= 15 is 0 Å². The molecule has 0 fully saturated rings. The van der Waals surface area contributed by atoms with Crippen molar-refractivity contribution >= 4 is 8.69 Å². The maximum absolute atomic E-state index is 9.55. The predicted molar refractivity (Wildman–Crippen MR) is 25.2 cm³/mol. The highest BCUT2D eigenvalue weighted by Crippen LogP contribution is 1.98. The fourth-order valence-electron chi connectivity index (χ4n) is 0.0985.